The number of rotatable bonds is 4. The molecule has 14 heavy (non-hydrogen) atoms. The van der Waals surface area contributed by atoms with Crippen LogP contribution in [0.2, 0.25) is 0 Å². The largest absolute Gasteiger partial charge is 0.396 e. The highest BCUT2D eigenvalue weighted by Gasteiger charge is 2.32. The molecular formula is C10H21N3O. The summed E-state index contributed by atoms with van der Waals surface area (Å²) in [6.07, 6.45) is 4.56. The summed E-state index contributed by atoms with van der Waals surface area (Å²) in [4.78, 5) is 4.26. The molecule has 1 rings (SSSR count). The van der Waals surface area contributed by atoms with Crippen molar-refractivity contribution in [2.75, 3.05) is 19.7 Å². The molecule has 4 N–H and O–H groups in total. The number of nitrogens with zero attached hydrogens (tertiary/aromatic N) is 1. The molecule has 4 nitrogen and oxygen atoms in total. The topological polar surface area (TPSA) is 70.6 Å². The van der Waals surface area contributed by atoms with Gasteiger partial charge in [-0.2, -0.15) is 0 Å². The minimum absolute atomic E-state index is 0.0139. The van der Waals surface area contributed by atoms with Crippen molar-refractivity contribution in [3.8, 4) is 0 Å². The zero-order chi connectivity index (χ0) is 10.4. The molecule has 0 unspecified atom stereocenters. The zero-order valence-corrected chi connectivity index (χ0v) is 8.92. The van der Waals surface area contributed by atoms with Crippen molar-refractivity contribution in [2.45, 2.75) is 32.6 Å². The third-order valence-electron chi connectivity index (χ3n) is 2.94. The molecule has 0 aliphatic heterocycles. The van der Waals surface area contributed by atoms with E-state index in [2.05, 4.69) is 10.3 Å². The Morgan fingerprint density at radius 3 is 2.64 bits per heavy atom. The minimum atomic E-state index is 0.0139. The lowest BCUT2D eigenvalue weighted by Crippen LogP contribution is -2.34. The Morgan fingerprint density at radius 1 is 1.50 bits per heavy atom. The zero-order valence-electron chi connectivity index (χ0n) is 8.92. The van der Waals surface area contributed by atoms with Crippen LogP contribution in [0.5, 0.6) is 0 Å². The molecule has 4 heteroatoms. The van der Waals surface area contributed by atoms with Crippen LogP contribution in [-0.2, 0) is 0 Å². The Morgan fingerprint density at radius 2 is 2.14 bits per heavy atom. The quantitative estimate of drug-likeness (QED) is 0.455. The van der Waals surface area contributed by atoms with Crippen molar-refractivity contribution in [1.82, 2.24) is 5.32 Å². The lowest BCUT2D eigenvalue weighted by molar-refractivity contribution is 0.138. The summed E-state index contributed by atoms with van der Waals surface area (Å²) >= 11 is 0. The molecule has 82 valence electrons. The Hall–Kier alpha value is -0.770. The van der Waals surface area contributed by atoms with Gasteiger partial charge in [0.15, 0.2) is 5.96 Å². The smallest absolute Gasteiger partial charge is 0.188 e. The molecule has 0 heterocycles. The first-order valence-corrected chi connectivity index (χ1v) is 5.37. The van der Waals surface area contributed by atoms with E-state index in [0.717, 1.165) is 19.4 Å². The number of nitrogens with one attached hydrogen (secondary N) is 1. The van der Waals surface area contributed by atoms with Crippen molar-refractivity contribution >= 4 is 5.96 Å². The fourth-order valence-corrected chi connectivity index (χ4v) is 1.98. The van der Waals surface area contributed by atoms with Crippen molar-refractivity contribution in [1.29, 1.82) is 0 Å². The number of guanidine groups is 1. The van der Waals surface area contributed by atoms with Gasteiger partial charge < -0.3 is 16.2 Å². The average Bonchev–Trinajstić information content (AvgIpc) is 2.65. The Balaban J connectivity index is 2.44. The Bertz CT molecular complexity index is 198. The SMILES string of the molecule is CCNC(N)=NCC1(CO)CCCC1. The second-order valence-electron chi connectivity index (χ2n) is 4.10. The molecule has 1 fully saturated rings. The van der Waals surface area contributed by atoms with Gasteiger partial charge in [-0.15, -0.1) is 0 Å². The summed E-state index contributed by atoms with van der Waals surface area (Å²) in [6.45, 7) is 3.67. The molecule has 1 saturated carbocycles. The third-order valence-corrected chi connectivity index (χ3v) is 2.94. The minimum Gasteiger partial charge on any atom is -0.396 e. The highest BCUT2D eigenvalue weighted by Crippen LogP contribution is 2.37. The van der Waals surface area contributed by atoms with Gasteiger partial charge in [-0.05, 0) is 19.8 Å². The Labute approximate surface area is 85.6 Å². The molecule has 0 aromatic heterocycles. The normalized spacial score (nSPS) is 21.1. The molecule has 0 amide bonds. The van der Waals surface area contributed by atoms with Crippen molar-refractivity contribution < 1.29 is 5.11 Å². The molecule has 0 saturated heterocycles. The van der Waals surface area contributed by atoms with Crippen LogP contribution >= 0.6 is 0 Å². The van der Waals surface area contributed by atoms with E-state index in [9.17, 15) is 5.11 Å². The van der Waals surface area contributed by atoms with Gasteiger partial charge in [0, 0.05) is 12.0 Å². The number of hydrogen-bond acceptors (Lipinski definition) is 2. The first kappa shape index (κ1) is 11.3. The van der Waals surface area contributed by atoms with Crippen LogP contribution in [-0.4, -0.2) is 30.8 Å². The van der Waals surface area contributed by atoms with Gasteiger partial charge in [-0.25, -0.2) is 0 Å². The summed E-state index contributed by atoms with van der Waals surface area (Å²) < 4.78 is 0. The predicted molar refractivity (Wildman–Crippen MR) is 58.2 cm³/mol. The van der Waals surface area contributed by atoms with E-state index in [1.54, 1.807) is 0 Å². The van der Waals surface area contributed by atoms with Gasteiger partial charge in [-0.1, -0.05) is 12.8 Å². The molecule has 0 bridgehead atoms. The summed E-state index contributed by atoms with van der Waals surface area (Å²) in [6, 6.07) is 0. The summed E-state index contributed by atoms with van der Waals surface area (Å²) in [5.41, 5.74) is 5.65. The van der Waals surface area contributed by atoms with Gasteiger partial charge in [0.25, 0.3) is 0 Å². The first-order valence-electron chi connectivity index (χ1n) is 5.37. The van der Waals surface area contributed by atoms with Crippen LogP contribution in [0.3, 0.4) is 0 Å². The highest BCUT2D eigenvalue weighted by molar-refractivity contribution is 5.77. The summed E-state index contributed by atoms with van der Waals surface area (Å²) in [5.74, 6) is 0.493. The van der Waals surface area contributed by atoms with Crippen LogP contribution in [0.1, 0.15) is 32.6 Å². The summed E-state index contributed by atoms with van der Waals surface area (Å²) in [7, 11) is 0. The van der Waals surface area contributed by atoms with Crippen molar-refractivity contribution in [3.05, 3.63) is 0 Å². The fourth-order valence-electron chi connectivity index (χ4n) is 1.98. The molecule has 0 aromatic carbocycles. The van der Waals surface area contributed by atoms with Crippen LogP contribution < -0.4 is 11.1 Å². The molecular weight excluding hydrogens is 178 g/mol. The van der Waals surface area contributed by atoms with Crippen molar-refractivity contribution in [3.63, 3.8) is 0 Å². The maximum Gasteiger partial charge on any atom is 0.188 e. The number of aliphatic imine (C=N–C) groups is 1. The van der Waals surface area contributed by atoms with Crippen LogP contribution in [0.25, 0.3) is 0 Å². The van der Waals surface area contributed by atoms with Crippen molar-refractivity contribution in [2.24, 2.45) is 16.1 Å². The predicted octanol–water partition coefficient (Wildman–Crippen LogP) is 0.463. The van der Waals surface area contributed by atoms with E-state index in [1.165, 1.54) is 12.8 Å². The van der Waals surface area contributed by atoms with E-state index in [4.69, 9.17) is 5.73 Å². The summed E-state index contributed by atoms with van der Waals surface area (Å²) in [5, 5.41) is 12.3. The monoisotopic (exact) mass is 199 g/mol. The van der Waals surface area contributed by atoms with Gasteiger partial charge in [0.1, 0.15) is 0 Å². The standard InChI is InChI=1S/C10H21N3O/c1-2-12-9(11)13-7-10(8-14)5-3-4-6-10/h14H,2-8H2,1H3,(H3,11,12,13). The van der Waals surface area contributed by atoms with E-state index >= 15 is 0 Å². The maximum absolute atomic E-state index is 9.33. The van der Waals surface area contributed by atoms with Crippen LogP contribution in [0, 0.1) is 5.41 Å². The van der Waals surface area contributed by atoms with E-state index in [0.29, 0.717) is 12.5 Å². The molecule has 1 aliphatic rings. The maximum atomic E-state index is 9.33. The lowest BCUT2D eigenvalue weighted by Gasteiger charge is -2.23. The number of hydrogen-bond donors (Lipinski definition) is 3. The molecule has 0 spiro atoms. The number of nitrogens with two attached hydrogens (primary N) is 1. The third kappa shape index (κ3) is 2.87. The van der Waals surface area contributed by atoms with Gasteiger partial charge in [0.2, 0.25) is 0 Å². The van der Waals surface area contributed by atoms with Gasteiger partial charge in [-0.3, -0.25) is 4.99 Å². The molecule has 1 aliphatic carbocycles. The van der Waals surface area contributed by atoms with E-state index in [-0.39, 0.29) is 12.0 Å². The number of aliphatic hydroxyl groups is 1. The first-order chi connectivity index (χ1) is 6.72. The van der Waals surface area contributed by atoms with Gasteiger partial charge >= 0.3 is 0 Å². The van der Waals surface area contributed by atoms with Crippen LogP contribution in [0.15, 0.2) is 4.99 Å². The fraction of sp³-hybridized carbons (Fsp3) is 0.900. The van der Waals surface area contributed by atoms with E-state index < -0.39 is 0 Å². The highest BCUT2D eigenvalue weighted by atomic mass is 16.3. The second kappa shape index (κ2) is 5.20. The van der Waals surface area contributed by atoms with E-state index in [1.807, 2.05) is 6.92 Å². The van der Waals surface area contributed by atoms with Gasteiger partial charge in [0.05, 0.1) is 13.2 Å². The average molecular weight is 199 g/mol. The lowest BCUT2D eigenvalue weighted by atomic mass is 9.87. The molecule has 0 radical (unpaired) electrons. The Kier molecular flexibility index (Phi) is 4.20. The number of aliphatic hydroxyl groups excluding tert-OH is 1. The van der Waals surface area contributed by atoms with Crippen LogP contribution in [0.4, 0.5) is 0 Å². The second-order valence-corrected chi connectivity index (χ2v) is 4.10. The molecule has 0 aromatic rings. The molecule has 0 atom stereocenters.